The third-order valence-electron chi connectivity index (χ3n) is 2.21. The van der Waals surface area contributed by atoms with Gasteiger partial charge in [0.2, 0.25) is 0 Å². The minimum atomic E-state index is -1.16. The Morgan fingerprint density at radius 3 is 2.61 bits per heavy atom. The van der Waals surface area contributed by atoms with Gasteiger partial charge in [0.25, 0.3) is 0 Å². The molecule has 2 N–H and O–H groups in total. The maximum Gasteiger partial charge on any atom is 0.413 e. The SMILES string of the molecule is CO/N=C(C)/C=C(/C(=O)O)c1csc(NC(=O)OC(C)(C)C)n1. The highest BCUT2D eigenvalue weighted by Gasteiger charge is 2.19. The number of nitrogens with one attached hydrogen (secondary N) is 1. The third-order valence-corrected chi connectivity index (χ3v) is 2.96. The largest absolute Gasteiger partial charge is 0.478 e. The fourth-order valence-electron chi connectivity index (χ4n) is 1.47. The Hall–Kier alpha value is -2.42. The Morgan fingerprint density at radius 1 is 1.43 bits per heavy atom. The first kappa shape index (κ1) is 18.6. The molecule has 1 aromatic heterocycles. The fourth-order valence-corrected chi connectivity index (χ4v) is 2.17. The summed E-state index contributed by atoms with van der Waals surface area (Å²) in [7, 11) is 1.36. The van der Waals surface area contributed by atoms with Gasteiger partial charge in [-0.3, -0.25) is 5.32 Å². The zero-order valence-electron chi connectivity index (χ0n) is 13.5. The van der Waals surface area contributed by atoms with Crippen molar-refractivity contribution in [3.05, 3.63) is 17.2 Å². The molecule has 1 heterocycles. The van der Waals surface area contributed by atoms with Crippen molar-refractivity contribution in [2.24, 2.45) is 5.16 Å². The summed E-state index contributed by atoms with van der Waals surface area (Å²) in [5.41, 5.74) is -0.111. The van der Waals surface area contributed by atoms with E-state index >= 15 is 0 Å². The van der Waals surface area contributed by atoms with Gasteiger partial charge >= 0.3 is 12.1 Å². The molecule has 0 unspecified atom stereocenters. The number of aromatic nitrogens is 1. The van der Waals surface area contributed by atoms with Crippen molar-refractivity contribution in [3.8, 4) is 0 Å². The van der Waals surface area contributed by atoms with E-state index in [4.69, 9.17) is 4.74 Å². The lowest BCUT2D eigenvalue weighted by Gasteiger charge is -2.18. The fraction of sp³-hybridized carbons (Fsp3) is 0.429. The molecule has 0 aliphatic rings. The first-order valence-electron chi connectivity index (χ1n) is 6.61. The Morgan fingerprint density at radius 2 is 2.09 bits per heavy atom. The van der Waals surface area contributed by atoms with Gasteiger partial charge in [-0.1, -0.05) is 5.16 Å². The zero-order chi connectivity index (χ0) is 17.6. The average molecular weight is 341 g/mol. The molecule has 1 rings (SSSR count). The predicted octanol–water partition coefficient (Wildman–Crippen LogP) is 2.98. The van der Waals surface area contributed by atoms with E-state index in [1.165, 1.54) is 18.6 Å². The molecule has 0 aliphatic carbocycles. The maximum atomic E-state index is 11.7. The molecule has 0 saturated heterocycles. The lowest BCUT2D eigenvalue weighted by atomic mass is 10.1. The standard InChI is InChI=1S/C14H19N3O5S/c1-8(17-21-5)6-9(11(18)19)10-7-23-12(15-10)16-13(20)22-14(2,3)4/h6-7H,1-5H3,(H,18,19)(H,15,16,20)/b9-6+,17-8+. The van der Waals surface area contributed by atoms with Crippen molar-refractivity contribution in [1.82, 2.24) is 4.98 Å². The number of nitrogens with zero attached hydrogens (tertiary/aromatic N) is 2. The number of carboxylic acid groups (broad SMARTS) is 1. The van der Waals surface area contributed by atoms with Crippen LogP contribution in [0.1, 0.15) is 33.4 Å². The second-order valence-electron chi connectivity index (χ2n) is 5.44. The number of hydrogen-bond donors (Lipinski definition) is 2. The van der Waals surface area contributed by atoms with Crippen molar-refractivity contribution in [2.45, 2.75) is 33.3 Å². The molecule has 0 spiro atoms. The number of anilines is 1. The van der Waals surface area contributed by atoms with Crippen LogP contribution in [0, 0.1) is 0 Å². The summed E-state index contributed by atoms with van der Waals surface area (Å²) in [5.74, 6) is -1.16. The lowest BCUT2D eigenvalue weighted by molar-refractivity contribution is -0.130. The van der Waals surface area contributed by atoms with E-state index < -0.39 is 17.7 Å². The van der Waals surface area contributed by atoms with Crippen LogP contribution >= 0.6 is 11.3 Å². The Kier molecular flexibility index (Phi) is 6.26. The number of allylic oxidation sites excluding steroid dienone is 1. The third kappa shape index (κ3) is 6.47. The van der Waals surface area contributed by atoms with Crippen molar-refractivity contribution in [2.75, 3.05) is 12.4 Å². The van der Waals surface area contributed by atoms with E-state index in [0.29, 0.717) is 5.71 Å². The topological polar surface area (TPSA) is 110 Å². The van der Waals surface area contributed by atoms with E-state index in [9.17, 15) is 14.7 Å². The molecule has 0 atom stereocenters. The van der Waals surface area contributed by atoms with Crippen LogP contribution in [0.5, 0.6) is 0 Å². The number of thiazole rings is 1. The van der Waals surface area contributed by atoms with Gasteiger partial charge in [-0.05, 0) is 33.8 Å². The van der Waals surface area contributed by atoms with Gasteiger partial charge in [0.1, 0.15) is 12.7 Å². The summed E-state index contributed by atoms with van der Waals surface area (Å²) in [4.78, 5) is 31.7. The molecule has 0 saturated carbocycles. The van der Waals surface area contributed by atoms with Gasteiger partial charge in [0.05, 0.1) is 17.0 Å². The molecular weight excluding hydrogens is 322 g/mol. The van der Waals surface area contributed by atoms with Crippen LogP contribution in [-0.2, 0) is 14.4 Å². The van der Waals surface area contributed by atoms with Gasteiger partial charge in [0, 0.05) is 5.38 Å². The van der Waals surface area contributed by atoms with Crippen molar-refractivity contribution in [3.63, 3.8) is 0 Å². The van der Waals surface area contributed by atoms with Gasteiger partial charge in [0.15, 0.2) is 5.13 Å². The molecule has 23 heavy (non-hydrogen) atoms. The molecule has 0 fully saturated rings. The van der Waals surface area contributed by atoms with Gasteiger partial charge in [-0.25, -0.2) is 14.6 Å². The summed E-state index contributed by atoms with van der Waals surface area (Å²) in [6, 6.07) is 0. The van der Waals surface area contributed by atoms with Crippen LogP contribution < -0.4 is 5.32 Å². The number of carboxylic acids is 1. The van der Waals surface area contributed by atoms with E-state index in [1.54, 1.807) is 27.7 Å². The number of oxime groups is 1. The highest BCUT2D eigenvalue weighted by atomic mass is 32.1. The van der Waals surface area contributed by atoms with Crippen LogP contribution in [0.2, 0.25) is 0 Å². The number of carbonyl (C=O) groups is 2. The second kappa shape index (κ2) is 7.73. The molecular formula is C14H19N3O5S. The van der Waals surface area contributed by atoms with Crippen molar-refractivity contribution < 1.29 is 24.3 Å². The average Bonchev–Trinajstić information content (AvgIpc) is 2.81. The van der Waals surface area contributed by atoms with Crippen molar-refractivity contribution >= 4 is 39.8 Å². The predicted molar refractivity (Wildman–Crippen MR) is 87.7 cm³/mol. The number of ether oxygens (including phenoxy) is 1. The van der Waals surface area contributed by atoms with Crippen LogP contribution in [0.15, 0.2) is 16.6 Å². The minimum Gasteiger partial charge on any atom is -0.478 e. The normalized spacial score (nSPS) is 12.7. The van der Waals surface area contributed by atoms with E-state index in [0.717, 1.165) is 11.3 Å². The van der Waals surface area contributed by atoms with Crippen LogP contribution in [-0.4, -0.2) is 40.6 Å². The van der Waals surface area contributed by atoms with E-state index in [2.05, 4.69) is 20.3 Å². The van der Waals surface area contributed by atoms with Gasteiger partial charge in [-0.15, -0.1) is 11.3 Å². The smallest absolute Gasteiger partial charge is 0.413 e. The lowest BCUT2D eigenvalue weighted by Crippen LogP contribution is -2.27. The number of amides is 1. The monoisotopic (exact) mass is 341 g/mol. The Labute approximate surface area is 137 Å². The summed E-state index contributed by atoms with van der Waals surface area (Å²) in [5, 5.41) is 17.1. The number of hydrogen-bond acceptors (Lipinski definition) is 7. The first-order valence-corrected chi connectivity index (χ1v) is 7.49. The molecule has 0 radical (unpaired) electrons. The Balaban J connectivity index is 2.94. The van der Waals surface area contributed by atoms with E-state index in [1.807, 2.05) is 0 Å². The van der Waals surface area contributed by atoms with Gasteiger partial charge in [-0.2, -0.15) is 0 Å². The number of rotatable bonds is 5. The molecule has 126 valence electrons. The number of aliphatic carboxylic acids is 1. The van der Waals surface area contributed by atoms with Crippen LogP contribution in [0.3, 0.4) is 0 Å². The minimum absolute atomic E-state index is 0.0585. The summed E-state index contributed by atoms with van der Waals surface area (Å²) in [6.45, 7) is 6.81. The van der Waals surface area contributed by atoms with E-state index in [-0.39, 0.29) is 16.4 Å². The molecule has 1 amide bonds. The Bertz CT molecular complexity index is 643. The quantitative estimate of drug-likeness (QED) is 0.484. The second-order valence-corrected chi connectivity index (χ2v) is 6.30. The van der Waals surface area contributed by atoms with Gasteiger partial charge < -0.3 is 14.7 Å². The van der Waals surface area contributed by atoms with Crippen LogP contribution in [0.4, 0.5) is 9.93 Å². The molecule has 1 aromatic rings. The molecule has 0 aliphatic heterocycles. The number of carbonyl (C=O) groups excluding carboxylic acids is 1. The van der Waals surface area contributed by atoms with Crippen LogP contribution in [0.25, 0.3) is 5.57 Å². The molecule has 0 aromatic carbocycles. The highest BCUT2D eigenvalue weighted by molar-refractivity contribution is 7.14. The summed E-state index contributed by atoms with van der Waals surface area (Å²) in [6.07, 6.45) is 0.675. The zero-order valence-corrected chi connectivity index (χ0v) is 14.4. The molecule has 8 nitrogen and oxygen atoms in total. The van der Waals surface area contributed by atoms with Crippen molar-refractivity contribution in [1.29, 1.82) is 0 Å². The summed E-state index contributed by atoms with van der Waals surface area (Å²) >= 11 is 1.09. The first-order chi connectivity index (χ1) is 10.6. The highest BCUT2D eigenvalue weighted by Crippen LogP contribution is 2.22. The maximum absolute atomic E-state index is 11.7. The summed E-state index contributed by atoms with van der Waals surface area (Å²) < 4.78 is 5.11. The molecule has 0 bridgehead atoms. The molecule has 9 heteroatoms.